The average molecular weight is 412 g/mol. The molecule has 0 unspecified atom stereocenters. The second kappa shape index (κ2) is 7.57. The fourth-order valence-corrected chi connectivity index (χ4v) is 2.63. The topological polar surface area (TPSA) is 58.3 Å². The third-order valence-electron chi connectivity index (χ3n) is 3.85. The zero-order valence-corrected chi connectivity index (χ0v) is 15.2. The molecule has 0 aliphatic carbocycles. The van der Waals surface area contributed by atoms with Gasteiger partial charge in [-0.3, -0.25) is 4.99 Å². The maximum Gasteiger partial charge on any atom is 0.194 e. The zero-order valence-electron chi connectivity index (χ0n) is 12.9. The highest BCUT2D eigenvalue weighted by Gasteiger charge is 2.18. The molecule has 3 rings (SSSR count). The summed E-state index contributed by atoms with van der Waals surface area (Å²) in [6, 6.07) is 8.60. The van der Waals surface area contributed by atoms with Crippen molar-refractivity contribution in [2.24, 2.45) is 12.0 Å². The Morgan fingerprint density at radius 3 is 2.77 bits per heavy atom. The van der Waals surface area contributed by atoms with Gasteiger partial charge in [0.15, 0.2) is 11.8 Å². The predicted molar refractivity (Wildman–Crippen MR) is 97.2 cm³/mol. The van der Waals surface area contributed by atoms with Crippen LogP contribution in [0.1, 0.15) is 17.0 Å². The van der Waals surface area contributed by atoms with Crippen LogP contribution >= 0.6 is 24.0 Å². The van der Waals surface area contributed by atoms with Crippen molar-refractivity contribution in [1.29, 1.82) is 0 Å². The first-order chi connectivity index (χ1) is 10.3. The summed E-state index contributed by atoms with van der Waals surface area (Å²) in [6.07, 6.45) is 2.76. The summed E-state index contributed by atoms with van der Waals surface area (Å²) >= 11 is 0. The van der Waals surface area contributed by atoms with Crippen molar-refractivity contribution in [2.45, 2.75) is 19.5 Å². The fraction of sp³-hybridized carbons (Fsp3) is 0.400. The molecule has 1 aliphatic rings. The first-order valence-corrected chi connectivity index (χ1v) is 7.13. The molecule has 22 heavy (non-hydrogen) atoms. The molecule has 2 heterocycles. The number of rotatable bonds is 2. The van der Waals surface area contributed by atoms with Crippen LogP contribution < -0.4 is 5.32 Å². The van der Waals surface area contributed by atoms with Crippen LogP contribution in [0, 0.1) is 0 Å². The third kappa shape index (κ3) is 3.57. The SMILES string of the molecule is CN=C(NCc1nncn1C)N1CCc2ccccc2C1.I. The van der Waals surface area contributed by atoms with Gasteiger partial charge in [0.05, 0.1) is 6.54 Å². The summed E-state index contributed by atoms with van der Waals surface area (Å²) in [6.45, 7) is 2.51. The van der Waals surface area contributed by atoms with E-state index in [9.17, 15) is 0 Å². The summed E-state index contributed by atoms with van der Waals surface area (Å²) in [7, 11) is 3.76. The number of nitrogens with zero attached hydrogens (tertiary/aromatic N) is 5. The largest absolute Gasteiger partial charge is 0.349 e. The van der Waals surface area contributed by atoms with Crippen molar-refractivity contribution in [1.82, 2.24) is 25.0 Å². The van der Waals surface area contributed by atoms with Gasteiger partial charge in [-0.25, -0.2) is 0 Å². The van der Waals surface area contributed by atoms with E-state index in [0.29, 0.717) is 6.54 Å². The molecule has 1 N–H and O–H groups in total. The Morgan fingerprint density at radius 2 is 2.09 bits per heavy atom. The number of guanidine groups is 1. The van der Waals surface area contributed by atoms with E-state index in [1.807, 2.05) is 18.7 Å². The van der Waals surface area contributed by atoms with Crippen molar-refractivity contribution < 1.29 is 0 Å². The van der Waals surface area contributed by atoms with Crippen molar-refractivity contribution in [3.05, 3.63) is 47.5 Å². The van der Waals surface area contributed by atoms with E-state index in [1.54, 1.807) is 6.33 Å². The highest BCUT2D eigenvalue weighted by molar-refractivity contribution is 14.0. The normalized spacial score (nSPS) is 14.3. The minimum absolute atomic E-state index is 0. The van der Waals surface area contributed by atoms with Gasteiger partial charge in [0, 0.05) is 27.2 Å². The van der Waals surface area contributed by atoms with Crippen LogP contribution in [-0.4, -0.2) is 39.2 Å². The van der Waals surface area contributed by atoms with E-state index >= 15 is 0 Å². The third-order valence-corrected chi connectivity index (χ3v) is 3.85. The number of aromatic nitrogens is 3. The van der Waals surface area contributed by atoms with Gasteiger partial charge >= 0.3 is 0 Å². The standard InChI is InChI=1S/C15H20N6.HI/c1-16-15(17-9-14-19-18-11-20(14)2)21-8-7-12-5-3-4-6-13(12)10-21;/h3-6,11H,7-10H2,1-2H3,(H,16,17);1H. The molecule has 6 nitrogen and oxygen atoms in total. The van der Waals surface area contributed by atoms with Crippen LogP contribution in [-0.2, 0) is 26.6 Å². The highest BCUT2D eigenvalue weighted by Crippen LogP contribution is 2.18. The number of hydrogen-bond acceptors (Lipinski definition) is 3. The first-order valence-electron chi connectivity index (χ1n) is 7.13. The maximum absolute atomic E-state index is 4.39. The van der Waals surface area contributed by atoms with Crippen LogP contribution in [0.2, 0.25) is 0 Å². The van der Waals surface area contributed by atoms with Crippen molar-refractivity contribution in [3.63, 3.8) is 0 Å². The van der Waals surface area contributed by atoms with Gasteiger partial charge in [-0.2, -0.15) is 0 Å². The second-order valence-corrected chi connectivity index (χ2v) is 5.20. The van der Waals surface area contributed by atoms with Crippen molar-refractivity contribution in [2.75, 3.05) is 13.6 Å². The van der Waals surface area contributed by atoms with Gasteiger partial charge in [0.25, 0.3) is 0 Å². The molecule has 1 aliphatic heterocycles. The molecule has 0 saturated heterocycles. The van der Waals surface area contributed by atoms with E-state index in [0.717, 1.165) is 31.3 Å². The van der Waals surface area contributed by atoms with Gasteiger partial charge in [0.2, 0.25) is 0 Å². The molecule has 1 aromatic heterocycles. The molecule has 0 fully saturated rings. The van der Waals surface area contributed by atoms with Gasteiger partial charge in [-0.1, -0.05) is 24.3 Å². The molecule has 2 aromatic rings. The highest BCUT2D eigenvalue weighted by atomic mass is 127. The Morgan fingerprint density at radius 1 is 1.32 bits per heavy atom. The molecule has 0 atom stereocenters. The molecule has 7 heteroatoms. The number of aliphatic imine (C=N–C) groups is 1. The molecule has 0 saturated carbocycles. The Balaban J connectivity index is 0.00000176. The van der Waals surface area contributed by atoms with Crippen LogP contribution in [0.5, 0.6) is 0 Å². The molecule has 0 bridgehead atoms. The van der Waals surface area contributed by atoms with Crippen LogP contribution in [0.3, 0.4) is 0 Å². The lowest BCUT2D eigenvalue weighted by atomic mass is 10.0. The molecule has 1 aromatic carbocycles. The van der Waals surface area contributed by atoms with Gasteiger partial charge < -0.3 is 14.8 Å². The molecular weight excluding hydrogens is 391 g/mol. The van der Waals surface area contributed by atoms with Crippen LogP contribution in [0.15, 0.2) is 35.6 Å². The number of fused-ring (bicyclic) bond motifs is 1. The van der Waals surface area contributed by atoms with E-state index in [1.165, 1.54) is 11.1 Å². The number of benzene rings is 1. The van der Waals surface area contributed by atoms with Gasteiger partial charge in [0.1, 0.15) is 6.33 Å². The summed E-state index contributed by atoms with van der Waals surface area (Å²) < 4.78 is 1.91. The number of hydrogen-bond donors (Lipinski definition) is 1. The number of aryl methyl sites for hydroxylation is 1. The van der Waals surface area contributed by atoms with E-state index < -0.39 is 0 Å². The Bertz CT molecular complexity index is 651. The lowest BCUT2D eigenvalue weighted by molar-refractivity contribution is 0.377. The Hall–Kier alpha value is -1.64. The predicted octanol–water partition coefficient (Wildman–Crippen LogP) is 1.57. The smallest absolute Gasteiger partial charge is 0.194 e. The lowest BCUT2D eigenvalue weighted by Crippen LogP contribution is -2.43. The first kappa shape index (κ1) is 16.7. The molecule has 0 amide bonds. The quantitative estimate of drug-likeness (QED) is 0.462. The molecule has 118 valence electrons. The molecule has 0 radical (unpaired) electrons. The summed E-state index contributed by atoms with van der Waals surface area (Å²) in [4.78, 5) is 6.66. The molecular formula is C15H21IN6. The minimum Gasteiger partial charge on any atom is -0.349 e. The lowest BCUT2D eigenvalue weighted by Gasteiger charge is -2.31. The number of nitrogens with one attached hydrogen (secondary N) is 1. The number of halogens is 1. The van der Waals surface area contributed by atoms with Crippen molar-refractivity contribution in [3.8, 4) is 0 Å². The van der Waals surface area contributed by atoms with E-state index in [2.05, 4.69) is 49.7 Å². The van der Waals surface area contributed by atoms with Crippen LogP contribution in [0.25, 0.3) is 0 Å². The maximum atomic E-state index is 4.39. The second-order valence-electron chi connectivity index (χ2n) is 5.20. The summed E-state index contributed by atoms with van der Waals surface area (Å²) in [5.74, 6) is 1.81. The summed E-state index contributed by atoms with van der Waals surface area (Å²) in [5, 5.41) is 11.3. The average Bonchev–Trinajstić information content (AvgIpc) is 2.93. The molecule has 0 spiro atoms. The van der Waals surface area contributed by atoms with Gasteiger partial charge in [-0.15, -0.1) is 34.2 Å². The van der Waals surface area contributed by atoms with E-state index in [-0.39, 0.29) is 24.0 Å². The minimum atomic E-state index is 0. The fourth-order valence-electron chi connectivity index (χ4n) is 2.63. The van der Waals surface area contributed by atoms with Gasteiger partial charge in [-0.05, 0) is 17.5 Å². The summed E-state index contributed by atoms with van der Waals surface area (Å²) in [5.41, 5.74) is 2.82. The Labute approximate surface area is 147 Å². The monoisotopic (exact) mass is 412 g/mol. The van der Waals surface area contributed by atoms with Crippen molar-refractivity contribution >= 4 is 29.9 Å². The Kier molecular flexibility index (Phi) is 5.76. The van der Waals surface area contributed by atoms with Crippen LogP contribution in [0.4, 0.5) is 0 Å². The zero-order chi connectivity index (χ0) is 14.7. The van der Waals surface area contributed by atoms with E-state index in [4.69, 9.17) is 0 Å².